The number of nitrogens with zero attached hydrogens (tertiary/aromatic N) is 2. The molecule has 24 heavy (non-hydrogen) atoms. The van der Waals surface area contributed by atoms with E-state index >= 15 is 0 Å². The van der Waals surface area contributed by atoms with Crippen LogP contribution in [0.25, 0.3) is 10.2 Å². The summed E-state index contributed by atoms with van der Waals surface area (Å²) in [5.41, 5.74) is 6.52. The van der Waals surface area contributed by atoms with Gasteiger partial charge in [-0.2, -0.15) is 0 Å². The number of thiophene rings is 1. The summed E-state index contributed by atoms with van der Waals surface area (Å²) < 4.78 is 5.99. The van der Waals surface area contributed by atoms with E-state index in [1.54, 1.807) is 19.1 Å². The molecule has 2 aromatic rings. The van der Waals surface area contributed by atoms with Crippen molar-refractivity contribution in [1.82, 2.24) is 14.9 Å². The van der Waals surface area contributed by atoms with Gasteiger partial charge in [-0.3, -0.25) is 9.59 Å². The van der Waals surface area contributed by atoms with Crippen LogP contribution >= 0.6 is 11.3 Å². The molecule has 1 aliphatic carbocycles. The lowest BCUT2D eigenvalue weighted by Gasteiger charge is -2.34. The van der Waals surface area contributed by atoms with Gasteiger partial charge in [0.1, 0.15) is 10.5 Å². The molecule has 1 saturated carbocycles. The van der Waals surface area contributed by atoms with E-state index in [0.717, 1.165) is 12.8 Å². The number of amides is 1. The summed E-state index contributed by atoms with van der Waals surface area (Å²) in [4.78, 5) is 33.5. The topological polar surface area (TPSA) is 101 Å². The van der Waals surface area contributed by atoms with Gasteiger partial charge >= 0.3 is 0 Å². The first-order valence-electron chi connectivity index (χ1n) is 7.99. The van der Waals surface area contributed by atoms with Crippen LogP contribution in [0, 0.1) is 5.92 Å². The standard InChI is InChI=1S/C16H22N4O3S/c1-20(16(22)9-3-4-10(17)12(7-9)23-2)8-13-18-11-5-6-24-14(11)15(21)19-13/h5-6,9-10,12H,3-4,7-8,17H2,1-2H3,(H,18,19,21)/t9-,10-,12-/m0/s1. The highest BCUT2D eigenvalue weighted by Crippen LogP contribution is 2.27. The highest BCUT2D eigenvalue weighted by Gasteiger charge is 2.33. The van der Waals surface area contributed by atoms with E-state index < -0.39 is 0 Å². The number of aromatic amines is 1. The van der Waals surface area contributed by atoms with Crippen molar-refractivity contribution >= 4 is 27.5 Å². The number of H-pyrrole nitrogens is 1. The van der Waals surface area contributed by atoms with Crippen molar-refractivity contribution in [2.45, 2.75) is 38.0 Å². The maximum atomic E-state index is 12.7. The zero-order chi connectivity index (χ0) is 17.3. The average molecular weight is 350 g/mol. The Labute approximate surface area is 143 Å². The summed E-state index contributed by atoms with van der Waals surface area (Å²) >= 11 is 1.36. The molecule has 0 radical (unpaired) electrons. The third kappa shape index (κ3) is 3.35. The number of methoxy groups -OCH3 is 1. The lowest BCUT2D eigenvalue weighted by molar-refractivity contribution is -0.137. The van der Waals surface area contributed by atoms with Crippen molar-refractivity contribution < 1.29 is 9.53 Å². The largest absolute Gasteiger partial charge is 0.380 e. The van der Waals surface area contributed by atoms with Crippen LogP contribution in [0.2, 0.25) is 0 Å². The van der Waals surface area contributed by atoms with Gasteiger partial charge in [0.25, 0.3) is 5.56 Å². The van der Waals surface area contributed by atoms with Crippen molar-refractivity contribution in [2.24, 2.45) is 11.7 Å². The van der Waals surface area contributed by atoms with E-state index in [-0.39, 0.29) is 36.1 Å². The number of nitrogens with one attached hydrogen (secondary N) is 1. The van der Waals surface area contributed by atoms with E-state index in [0.29, 0.717) is 22.5 Å². The predicted molar refractivity (Wildman–Crippen MR) is 92.8 cm³/mol. The van der Waals surface area contributed by atoms with Crippen molar-refractivity contribution in [2.75, 3.05) is 14.2 Å². The number of carbonyl (C=O) groups excluding carboxylic acids is 1. The molecule has 1 aliphatic rings. The molecule has 130 valence electrons. The lowest BCUT2D eigenvalue weighted by Crippen LogP contribution is -2.45. The van der Waals surface area contributed by atoms with Crippen LogP contribution in [0.3, 0.4) is 0 Å². The molecule has 1 fully saturated rings. The maximum absolute atomic E-state index is 12.7. The van der Waals surface area contributed by atoms with Gasteiger partial charge in [0.15, 0.2) is 0 Å². The quantitative estimate of drug-likeness (QED) is 0.859. The minimum Gasteiger partial charge on any atom is -0.380 e. The van der Waals surface area contributed by atoms with Gasteiger partial charge in [-0.25, -0.2) is 4.98 Å². The van der Waals surface area contributed by atoms with Gasteiger partial charge in [0, 0.05) is 26.1 Å². The molecule has 3 atom stereocenters. The Bertz CT molecular complexity index is 787. The van der Waals surface area contributed by atoms with Crippen LogP contribution < -0.4 is 11.3 Å². The molecule has 0 aromatic carbocycles. The second-order valence-electron chi connectivity index (χ2n) is 6.29. The Morgan fingerprint density at radius 2 is 2.33 bits per heavy atom. The van der Waals surface area contributed by atoms with Gasteiger partial charge in [0.05, 0.1) is 18.2 Å². The molecule has 3 rings (SSSR count). The number of carbonyl (C=O) groups is 1. The van der Waals surface area contributed by atoms with Crippen LogP contribution in [0.1, 0.15) is 25.1 Å². The summed E-state index contributed by atoms with van der Waals surface area (Å²) in [5, 5.41) is 1.84. The zero-order valence-electron chi connectivity index (χ0n) is 13.8. The van der Waals surface area contributed by atoms with Crippen molar-refractivity contribution in [1.29, 1.82) is 0 Å². The van der Waals surface area contributed by atoms with E-state index in [1.165, 1.54) is 11.3 Å². The molecule has 3 N–H and O–H groups in total. The number of nitrogens with two attached hydrogens (primary N) is 1. The first-order chi connectivity index (χ1) is 11.5. The second-order valence-corrected chi connectivity index (χ2v) is 7.21. The predicted octanol–water partition coefficient (Wildman–Crippen LogP) is 1.09. The average Bonchev–Trinajstić information content (AvgIpc) is 3.03. The molecule has 0 unspecified atom stereocenters. The summed E-state index contributed by atoms with van der Waals surface area (Å²) in [6.45, 7) is 0.278. The highest BCUT2D eigenvalue weighted by atomic mass is 32.1. The van der Waals surface area contributed by atoms with Gasteiger partial charge in [-0.05, 0) is 30.7 Å². The minimum atomic E-state index is -0.158. The zero-order valence-corrected chi connectivity index (χ0v) is 14.6. The van der Waals surface area contributed by atoms with Crippen LogP contribution in [0.5, 0.6) is 0 Å². The summed E-state index contributed by atoms with van der Waals surface area (Å²) in [6, 6.07) is 1.80. The lowest BCUT2D eigenvalue weighted by atomic mass is 9.83. The molecule has 7 nitrogen and oxygen atoms in total. The van der Waals surface area contributed by atoms with E-state index in [2.05, 4.69) is 9.97 Å². The molecular weight excluding hydrogens is 328 g/mol. The number of hydrogen-bond donors (Lipinski definition) is 2. The molecule has 2 aromatic heterocycles. The smallest absolute Gasteiger partial charge is 0.268 e. The second kappa shape index (κ2) is 7.00. The van der Waals surface area contributed by atoms with Crippen molar-refractivity contribution in [3.63, 3.8) is 0 Å². The van der Waals surface area contributed by atoms with E-state index in [9.17, 15) is 9.59 Å². The van der Waals surface area contributed by atoms with Gasteiger partial charge in [-0.15, -0.1) is 11.3 Å². The normalized spacial score (nSPS) is 24.2. The molecule has 1 amide bonds. The van der Waals surface area contributed by atoms with Crippen LogP contribution in [0.15, 0.2) is 16.2 Å². The molecule has 0 saturated heterocycles. The summed E-state index contributed by atoms with van der Waals surface area (Å²) in [6.07, 6.45) is 2.09. The molecule has 0 spiro atoms. The van der Waals surface area contributed by atoms with Crippen molar-refractivity contribution in [3.05, 3.63) is 27.6 Å². The third-order valence-electron chi connectivity index (χ3n) is 4.62. The molecule has 0 bridgehead atoms. The first kappa shape index (κ1) is 17.1. The minimum absolute atomic E-state index is 0.0108. The number of hydrogen-bond acceptors (Lipinski definition) is 6. The molecule has 2 heterocycles. The van der Waals surface area contributed by atoms with Crippen LogP contribution in [-0.2, 0) is 16.1 Å². The Morgan fingerprint density at radius 3 is 3.08 bits per heavy atom. The fourth-order valence-corrected chi connectivity index (χ4v) is 3.98. The van der Waals surface area contributed by atoms with Crippen LogP contribution in [-0.4, -0.2) is 47.1 Å². The number of rotatable bonds is 4. The molecular formula is C16H22N4O3S. The Hall–Kier alpha value is -1.77. The molecule has 8 heteroatoms. The van der Waals surface area contributed by atoms with E-state index in [4.69, 9.17) is 10.5 Å². The fraction of sp³-hybridized carbons (Fsp3) is 0.562. The van der Waals surface area contributed by atoms with Crippen LogP contribution in [0.4, 0.5) is 0 Å². The number of aromatic nitrogens is 2. The van der Waals surface area contributed by atoms with Gasteiger partial charge in [0.2, 0.25) is 5.91 Å². The summed E-state index contributed by atoms with van der Waals surface area (Å²) in [7, 11) is 3.36. The molecule has 0 aliphatic heterocycles. The third-order valence-corrected chi connectivity index (χ3v) is 5.52. The van der Waals surface area contributed by atoms with Gasteiger partial charge in [-0.1, -0.05) is 0 Å². The van der Waals surface area contributed by atoms with E-state index in [1.807, 2.05) is 11.4 Å². The van der Waals surface area contributed by atoms with Gasteiger partial charge < -0.3 is 20.4 Å². The Kier molecular flexibility index (Phi) is 4.98. The highest BCUT2D eigenvalue weighted by molar-refractivity contribution is 7.17. The summed E-state index contributed by atoms with van der Waals surface area (Å²) in [5.74, 6) is 0.436. The number of fused-ring (bicyclic) bond motifs is 1. The van der Waals surface area contributed by atoms with Crippen molar-refractivity contribution in [3.8, 4) is 0 Å². The Balaban J connectivity index is 1.70. The Morgan fingerprint density at radius 1 is 1.54 bits per heavy atom. The fourth-order valence-electron chi connectivity index (χ4n) is 3.26. The monoisotopic (exact) mass is 350 g/mol. The first-order valence-corrected chi connectivity index (χ1v) is 8.87. The SMILES string of the molecule is CO[C@H]1C[C@@H](C(=O)N(C)Cc2nc3ccsc3c(=O)[nH]2)CC[C@@H]1N. The maximum Gasteiger partial charge on any atom is 0.268 e. The number of ether oxygens (including phenoxy) is 1.